The van der Waals surface area contributed by atoms with Crippen LogP contribution in [0.4, 0.5) is 8.78 Å². The monoisotopic (exact) mass is 328 g/mol. The molecule has 0 bridgehead atoms. The van der Waals surface area contributed by atoms with Crippen LogP contribution < -0.4 is 0 Å². The van der Waals surface area contributed by atoms with E-state index in [1.165, 1.54) is 36.4 Å². The van der Waals surface area contributed by atoms with Gasteiger partial charge in [-0.05, 0) is 35.9 Å². The zero-order chi connectivity index (χ0) is 15.4. The number of carbonyl (C=O) groups is 1. The SMILES string of the molecule is O=C(Cc1ccc(F)cc1)CS(=O)c1ccc(F)c(Cl)c1. The van der Waals surface area contributed by atoms with E-state index in [4.69, 9.17) is 11.6 Å². The molecule has 1 unspecified atom stereocenters. The highest BCUT2D eigenvalue weighted by Gasteiger charge is 2.12. The maximum atomic E-state index is 13.0. The second kappa shape index (κ2) is 6.91. The van der Waals surface area contributed by atoms with Crippen LogP contribution in [0.1, 0.15) is 5.56 Å². The van der Waals surface area contributed by atoms with Crippen molar-refractivity contribution in [2.45, 2.75) is 11.3 Å². The number of Topliss-reactive ketones (excluding diaryl/α,β-unsaturated/α-hetero) is 1. The minimum atomic E-state index is -1.58. The number of carbonyl (C=O) groups excluding carboxylic acids is 1. The fourth-order valence-corrected chi connectivity index (χ4v) is 3.00. The number of rotatable bonds is 5. The molecule has 2 rings (SSSR count). The summed E-state index contributed by atoms with van der Waals surface area (Å²) in [6, 6.07) is 9.23. The van der Waals surface area contributed by atoms with Crippen molar-refractivity contribution in [1.82, 2.24) is 0 Å². The quantitative estimate of drug-likeness (QED) is 0.841. The van der Waals surface area contributed by atoms with Crippen LogP contribution in [0, 0.1) is 11.6 Å². The van der Waals surface area contributed by atoms with Gasteiger partial charge in [0.25, 0.3) is 0 Å². The second-order valence-corrected chi connectivity index (χ2v) is 6.27. The first-order valence-electron chi connectivity index (χ1n) is 6.05. The molecule has 2 aromatic rings. The summed E-state index contributed by atoms with van der Waals surface area (Å²) in [5.41, 5.74) is 0.649. The molecule has 21 heavy (non-hydrogen) atoms. The largest absolute Gasteiger partial charge is 0.298 e. The molecule has 0 heterocycles. The first kappa shape index (κ1) is 15.8. The highest BCUT2D eigenvalue weighted by Crippen LogP contribution is 2.18. The zero-order valence-corrected chi connectivity index (χ0v) is 12.4. The Bertz CT molecular complexity index is 687. The number of halogens is 3. The van der Waals surface area contributed by atoms with Gasteiger partial charge in [-0.1, -0.05) is 23.7 Å². The molecule has 0 N–H and O–H groups in total. The van der Waals surface area contributed by atoms with Crippen molar-refractivity contribution in [2.75, 3.05) is 5.75 Å². The summed E-state index contributed by atoms with van der Waals surface area (Å²) < 4.78 is 37.8. The molecule has 0 spiro atoms. The standard InChI is InChI=1S/C15H11ClF2O2S/c16-14-8-13(5-6-15(14)18)21(20)9-12(19)7-10-1-3-11(17)4-2-10/h1-6,8H,7,9H2. The summed E-state index contributed by atoms with van der Waals surface area (Å²) in [7, 11) is -1.58. The Morgan fingerprint density at radius 3 is 2.38 bits per heavy atom. The van der Waals surface area contributed by atoms with E-state index >= 15 is 0 Å². The lowest BCUT2D eigenvalue weighted by Crippen LogP contribution is -2.13. The Labute approximate surface area is 128 Å². The van der Waals surface area contributed by atoms with Gasteiger partial charge in [0.2, 0.25) is 0 Å². The maximum Gasteiger partial charge on any atom is 0.150 e. The lowest BCUT2D eigenvalue weighted by atomic mass is 10.1. The van der Waals surface area contributed by atoms with E-state index in [9.17, 15) is 17.8 Å². The molecule has 0 radical (unpaired) electrons. The van der Waals surface area contributed by atoms with Crippen molar-refractivity contribution >= 4 is 28.2 Å². The fraction of sp³-hybridized carbons (Fsp3) is 0.133. The lowest BCUT2D eigenvalue weighted by Gasteiger charge is -2.04. The average molecular weight is 329 g/mol. The summed E-state index contributed by atoms with van der Waals surface area (Å²) >= 11 is 5.61. The van der Waals surface area contributed by atoms with Crippen molar-refractivity contribution in [2.24, 2.45) is 0 Å². The van der Waals surface area contributed by atoms with E-state index in [0.717, 1.165) is 6.07 Å². The van der Waals surface area contributed by atoms with Gasteiger partial charge in [0, 0.05) is 11.3 Å². The normalized spacial score (nSPS) is 12.1. The first-order valence-corrected chi connectivity index (χ1v) is 7.75. The van der Waals surface area contributed by atoms with Crippen LogP contribution in [-0.4, -0.2) is 15.7 Å². The maximum absolute atomic E-state index is 13.0. The Morgan fingerprint density at radius 1 is 1.10 bits per heavy atom. The van der Waals surface area contributed by atoms with Crippen LogP contribution in [0.2, 0.25) is 5.02 Å². The Morgan fingerprint density at radius 2 is 1.76 bits per heavy atom. The van der Waals surface area contributed by atoms with Crippen LogP contribution >= 0.6 is 11.6 Å². The smallest absolute Gasteiger partial charge is 0.150 e. The van der Waals surface area contributed by atoms with Crippen LogP contribution in [0.5, 0.6) is 0 Å². The molecule has 0 aromatic heterocycles. The molecule has 0 fully saturated rings. The molecule has 0 amide bonds. The molecule has 1 atom stereocenters. The van der Waals surface area contributed by atoms with Gasteiger partial charge >= 0.3 is 0 Å². The van der Waals surface area contributed by atoms with Gasteiger partial charge in [0.1, 0.15) is 17.4 Å². The minimum absolute atomic E-state index is 0.0704. The van der Waals surface area contributed by atoms with E-state index in [1.807, 2.05) is 0 Å². The molecule has 0 saturated carbocycles. The number of ketones is 1. The Hall–Kier alpha value is -1.59. The topological polar surface area (TPSA) is 34.1 Å². The van der Waals surface area contributed by atoms with Crippen molar-refractivity contribution in [1.29, 1.82) is 0 Å². The first-order chi connectivity index (χ1) is 9.95. The van der Waals surface area contributed by atoms with E-state index in [0.29, 0.717) is 10.5 Å². The zero-order valence-electron chi connectivity index (χ0n) is 10.8. The fourth-order valence-electron chi connectivity index (χ4n) is 1.73. The molecule has 0 aliphatic carbocycles. The Balaban J connectivity index is 2.00. The van der Waals surface area contributed by atoms with Gasteiger partial charge in [-0.15, -0.1) is 0 Å². The van der Waals surface area contributed by atoms with Gasteiger partial charge in [0.05, 0.1) is 21.6 Å². The molecular weight excluding hydrogens is 318 g/mol. The summed E-state index contributed by atoms with van der Waals surface area (Å²) in [6.07, 6.45) is 0.0704. The predicted octanol–water partition coefficient (Wildman–Crippen LogP) is 3.54. The molecule has 0 aliphatic heterocycles. The number of hydrogen-bond acceptors (Lipinski definition) is 2. The van der Waals surface area contributed by atoms with E-state index < -0.39 is 16.6 Å². The molecular formula is C15H11ClF2O2S. The summed E-state index contributed by atoms with van der Waals surface area (Å²) in [5.74, 6) is -1.43. The van der Waals surface area contributed by atoms with Crippen LogP contribution in [0.25, 0.3) is 0 Å². The second-order valence-electron chi connectivity index (χ2n) is 4.41. The molecule has 0 saturated heterocycles. The predicted molar refractivity (Wildman–Crippen MR) is 77.8 cm³/mol. The average Bonchev–Trinajstić information content (AvgIpc) is 2.44. The van der Waals surface area contributed by atoms with E-state index in [2.05, 4.69) is 0 Å². The third kappa shape index (κ3) is 4.44. The van der Waals surface area contributed by atoms with Gasteiger partial charge < -0.3 is 0 Å². The number of hydrogen-bond donors (Lipinski definition) is 0. The molecule has 0 aliphatic rings. The summed E-state index contributed by atoms with van der Waals surface area (Å²) in [4.78, 5) is 12.1. The van der Waals surface area contributed by atoms with Crippen LogP contribution in [0.3, 0.4) is 0 Å². The Kier molecular flexibility index (Phi) is 5.20. The van der Waals surface area contributed by atoms with Crippen LogP contribution in [-0.2, 0) is 22.0 Å². The highest BCUT2D eigenvalue weighted by atomic mass is 35.5. The van der Waals surface area contributed by atoms with Gasteiger partial charge in [0.15, 0.2) is 0 Å². The summed E-state index contributed by atoms with van der Waals surface area (Å²) in [5, 5.41) is -0.133. The van der Waals surface area contributed by atoms with Gasteiger partial charge in [-0.2, -0.15) is 0 Å². The lowest BCUT2D eigenvalue weighted by molar-refractivity contribution is -0.116. The molecule has 2 nitrogen and oxygen atoms in total. The third-order valence-corrected chi connectivity index (χ3v) is 4.41. The van der Waals surface area contributed by atoms with Crippen molar-refractivity contribution in [3.05, 3.63) is 64.7 Å². The van der Waals surface area contributed by atoms with Crippen molar-refractivity contribution in [3.63, 3.8) is 0 Å². The number of benzene rings is 2. The van der Waals surface area contributed by atoms with E-state index in [1.54, 1.807) is 0 Å². The van der Waals surface area contributed by atoms with Crippen molar-refractivity contribution < 1.29 is 17.8 Å². The van der Waals surface area contributed by atoms with Gasteiger partial charge in [-0.25, -0.2) is 8.78 Å². The highest BCUT2D eigenvalue weighted by molar-refractivity contribution is 7.85. The van der Waals surface area contributed by atoms with Crippen molar-refractivity contribution in [3.8, 4) is 0 Å². The van der Waals surface area contributed by atoms with Gasteiger partial charge in [-0.3, -0.25) is 9.00 Å². The van der Waals surface area contributed by atoms with Crippen LogP contribution in [0.15, 0.2) is 47.4 Å². The molecule has 2 aromatic carbocycles. The van der Waals surface area contributed by atoms with E-state index in [-0.39, 0.29) is 28.8 Å². The molecule has 6 heteroatoms. The minimum Gasteiger partial charge on any atom is -0.298 e. The third-order valence-electron chi connectivity index (χ3n) is 2.76. The molecule has 110 valence electrons. The summed E-state index contributed by atoms with van der Waals surface area (Å²) in [6.45, 7) is 0.